The molecule has 1 aromatic heterocycles. The SMILES string of the molecule is CC1=NN(CCCS(=O)(=O)O)C(=O)/C1=C1\C=C(c2c(C)nn(CCCS(=O)(=O)[O-])c2[O-])c2ccccc21.[Na+].[Na+]. The number of hydrogen-bond donors (Lipinski definition) is 1. The zero-order chi connectivity index (χ0) is 27.1. The average molecular weight is 595 g/mol. The molecule has 12 nitrogen and oxygen atoms in total. The molecule has 1 aromatic carbocycles. The molecule has 4 rings (SSSR count). The number of benzene rings is 1. The summed E-state index contributed by atoms with van der Waals surface area (Å²) in [6.45, 7) is 3.27. The van der Waals surface area contributed by atoms with Crippen LogP contribution in [0.1, 0.15) is 42.1 Å². The van der Waals surface area contributed by atoms with Gasteiger partial charge in [0.15, 0.2) is 0 Å². The summed E-state index contributed by atoms with van der Waals surface area (Å²) >= 11 is 0. The second-order valence-electron chi connectivity index (χ2n) is 8.75. The molecule has 0 bridgehead atoms. The fourth-order valence-electron chi connectivity index (χ4n) is 4.50. The normalized spacial score (nSPS) is 16.9. The van der Waals surface area contributed by atoms with E-state index >= 15 is 0 Å². The Balaban J connectivity index is 0.00000267. The van der Waals surface area contributed by atoms with Gasteiger partial charge in [-0.25, -0.2) is 13.4 Å². The van der Waals surface area contributed by atoms with E-state index in [-0.39, 0.29) is 85.0 Å². The first-order valence-electron chi connectivity index (χ1n) is 11.3. The van der Waals surface area contributed by atoms with E-state index in [9.17, 15) is 31.3 Å². The van der Waals surface area contributed by atoms with E-state index in [1.54, 1.807) is 32.1 Å². The Kier molecular flexibility index (Phi) is 11.4. The van der Waals surface area contributed by atoms with Crippen molar-refractivity contribution in [1.29, 1.82) is 0 Å². The van der Waals surface area contributed by atoms with Crippen molar-refractivity contribution in [3.63, 3.8) is 0 Å². The van der Waals surface area contributed by atoms with Crippen LogP contribution in [0.5, 0.6) is 5.88 Å². The largest absolute Gasteiger partial charge is 1.00 e. The smallest absolute Gasteiger partial charge is 0.858 e. The first-order valence-corrected chi connectivity index (χ1v) is 14.5. The predicted molar refractivity (Wildman–Crippen MR) is 132 cm³/mol. The number of carbonyl (C=O) groups is 1. The molecule has 0 unspecified atom stereocenters. The summed E-state index contributed by atoms with van der Waals surface area (Å²) in [5.41, 5.74) is 3.97. The summed E-state index contributed by atoms with van der Waals surface area (Å²) in [6, 6.07) is 7.21. The minimum Gasteiger partial charge on any atom is -0.858 e. The van der Waals surface area contributed by atoms with Crippen LogP contribution >= 0.6 is 0 Å². The van der Waals surface area contributed by atoms with Crippen LogP contribution in [-0.4, -0.2) is 70.4 Å². The summed E-state index contributed by atoms with van der Waals surface area (Å²) in [4.78, 5) is 13.2. The quantitative estimate of drug-likeness (QED) is 0.168. The van der Waals surface area contributed by atoms with Gasteiger partial charge in [-0.15, -0.1) is 0 Å². The number of nitrogens with zero attached hydrogens (tertiary/aromatic N) is 4. The molecule has 39 heavy (non-hydrogen) atoms. The zero-order valence-electron chi connectivity index (χ0n) is 22.0. The third kappa shape index (κ3) is 7.70. The Morgan fingerprint density at radius 2 is 1.59 bits per heavy atom. The Morgan fingerprint density at radius 3 is 2.21 bits per heavy atom. The molecule has 0 saturated carbocycles. The number of aryl methyl sites for hydroxylation is 2. The number of fused-ring (bicyclic) bond motifs is 1. The first-order chi connectivity index (χ1) is 17.3. The van der Waals surface area contributed by atoms with Gasteiger partial charge in [-0.05, 0) is 60.9 Å². The van der Waals surface area contributed by atoms with Crippen LogP contribution in [0.15, 0.2) is 41.0 Å². The number of aromatic nitrogens is 2. The van der Waals surface area contributed by atoms with E-state index in [4.69, 9.17) is 4.55 Å². The Labute approximate surface area is 270 Å². The summed E-state index contributed by atoms with van der Waals surface area (Å²) in [7, 11) is -8.58. The second kappa shape index (κ2) is 13.1. The third-order valence-electron chi connectivity index (χ3n) is 6.03. The van der Waals surface area contributed by atoms with Crippen molar-refractivity contribution in [3.05, 3.63) is 58.3 Å². The Morgan fingerprint density at radius 1 is 0.974 bits per heavy atom. The zero-order valence-corrected chi connectivity index (χ0v) is 27.7. The van der Waals surface area contributed by atoms with Gasteiger partial charge in [0.05, 0.1) is 32.8 Å². The third-order valence-corrected chi connectivity index (χ3v) is 7.63. The van der Waals surface area contributed by atoms with E-state index in [0.29, 0.717) is 44.8 Å². The maximum atomic E-state index is 13.2. The van der Waals surface area contributed by atoms with Gasteiger partial charge < -0.3 is 9.66 Å². The van der Waals surface area contributed by atoms with Crippen LogP contribution in [0.2, 0.25) is 0 Å². The molecule has 2 aliphatic rings. The standard InChI is InChI=1S/C23H26N4O8S2.2Na/c1-14-20(22(28)26(24-14)9-5-11-36(30,31)32)18-13-19(17-8-4-3-7-16(17)18)21-15(2)25-27(23(21)29)10-6-12-37(33,34)35;;/h3-4,7-8,13,28H,5-6,9-12H2,1-2H3,(H,30,31,32)(H,33,34,35);;/q;2*+1/p-2/b21-19+;;. The number of amides is 1. The van der Waals surface area contributed by atoms with Crippen molar-refractivity contribution in [2.24, 2.45) is 5.10 Å². The second-order valence-corrected chi connectivity index (χ2v) is 11.8. The molecule has 2 heterocycles. The van der Waals surface area contributed by atoms with Crippen molar-refractivity contribution >= 4 is 43.0 Å². The molecular formula is C23H24N4Na2O8S2. The monoisotopic (exact) mass is 594 g/mol. The van der Waals surface area contributed by atoms with Crippen molar-refractivity contribution in [3.8, 4) is 5.88 Å². The molecule has 1 aliphatic carbocycles. The molecule has 2 aromatic rings. The molecule has 1 aliphatic heterocycles. The van der Waals surface area contributed by atoms with Gasteiger partial charge in [0.25, 0.3) is 16.0 Å². The fourth-order valence-corrected chi connectivity index (χ4v) is 5.47. The van der Waals surface area contributed by atoms with Gasteiger partial charge >= 0.3 is 59.1 Å². The van der Waals surface area contributed by atoms with Crippen LogP contribution in [-0.2, 0) is 31.6 Å². The Bertz CT molecular complexity index is 1600. The molecule has 16 heteroatoms. The summed E-state index contributed by atoms with van der Waals surface area (Å²) in [5, 5.41) is 22.9. The molecule has 1 N–H and O–H groups in total. The van der Waals surface area contributed by atoms with Crippen molar-refractivity contribution in [2.45, 2.75) is 33.2 Å². The van der Waals surface area contributed by atoms with Crippen molar-refractivity contribution in [1.82, 2.24) is 14.8 Å². The van der Waals surface area contributed by atoms with E-state index < -0.39 is 43.5 Å². The topological polar surface area (TPSA) is 185 Å². The summed E-state index contributed by atoms with van der Waals surface area (Å²) < 4.78 is 64.9. The molecule has 0 atom stereocenters. The fraction of sp³-hybridized carbons (Fsp3) is 0.348. The van der Waals surface area contributed by atoms with Crippen LogP contribution in [0, 0.1) is 6.92 Å². The van der Waals surface area contributed by atoms with Crippen molar-refractivity contribution in [2.75, 3.05) is 18.1 Å². The maximum Gasteiger partial charge on any atom is 1.00 e. The number of carbonyl (C=O) groups excluding carboxylic acids is 1. The molecule has 0 fully saturated rings. The Hall–Kier alpha value is -1.33. The first kappa shape index (κ1) is 33.9. The van der Waals surface area contributed by atoms with Crippen LogP contribution in [0.4, 0.5) is 0 Å². The minimum absolute atomic E-state index is 0. The number of allylic oxidation sites excluding steroid dienone is 2. The predicted octanol–water partition coefficient (Wildman–Crippen LogP) is -5.10. The van der Waals surface area contributed by atoms with E-state index in [1.165, 1.54) is 0 Å². The van der Waals surface area contributed by atoms with Gasteiger partial charge in [0, 0.05) is 24.4 Å². The summed E-state index contributed by atoms with van der Waals surface area (Å²) in [6.07, 6.45) is 1.67. The number of hydrazone groups is 1. The van der Waals surface area contributed by atoms with Gasteiger partial charge in [-0.1, -0.05) is 24.3 Å². The number of rotatable bonds is 9. The summed E-state index contributed by atoms with van der Waals surface area (Å²) in [5.74, 6) is -1.98. The van der Waals surface area contributed by atoms with E-state index in [2.05, 4.69) is 10.2 Å². The number of hydrogen-bond acceptors (Lipinski definition) is 9. The van der Waals surface area contributed by atoms with Crippen LogP contribution < -0.4 is 64.2 Å². The maximum absolute atomic E-state index is 13.2. The van der Waals surface area contributed by atoms with Crippen LogP contribution in [0.3, 0.4) is 0 Å². The van der Waals surface area contributed by atoms with E-state index in [1.807, 2.05) is 12.1 Å². The molecule has 0 saturated heterocycles. The molecule has 198 valence electrons. The molecular weight excluding hydrogens is 570 g/mol. The van der Waals surface area contributed by atoms with Crippen molar-refractivity contribution < 1.29 is 95.0 Å². The average Bonchev–Trinajstić information content (AvgIpc) is 3.37. The van der Waals surface area contributed by atoms with E-state index in [0.717, 1.165) is 9.69 Å². The minimum atomic E-state index is -4.41. The molecule has 0 radical (unpaired) electrons. The van der Waals surface area contributed by atoms with Gasteiger partial charge in [0.1, 0.15) is 0 Å². The molecule has 0 spiro atoms. The van der Waals surface area contributed by atoms with Crippen LogP contribution in [0.25, 0.3) is 11.1 Å². The van der Waals surface area contributed by atoms with Gasteiger partial charge in [-0.2, -0.15) is 18.6 Å². The van der Waals surface area contributed by atoms with Gasteiger partial charge in [0.2, 0.25) is 0 Å². The molecule has 1 amide bonds. The van der Waals surface area contributed by atoms with Gasteiger partial charge in [-0.3, -0.25) is 14.0 Å².